The van der Waals surface area contributed by atoms with Gasteiger partial charge in [0.05, 0.1) is 0 Å². The van der Waals surface area contributed by atoms with Crippen LogP contribution in [0.3, 0.4) is 0 Å². The SMILES string of the molecule is C/C1=C\C=C(\c2cccc3ccccc23)C=CC(C)(C)c2cc(CCC(C)c3ccc4c(c3)C(C)(C)c3cc(-c5cccc6ccccc56)ccc3-4)ccc21.Cc1ccc2c(c1)C(C)(C)C1=CC(c3ccccc3)CC=C12. The maximum atomic E-state index is 2.52. The van der Waals surface area contributed by atoms with Crippen LogP contribution in [0.5, 0.6) is 0 Å². The summed E-state index contributed by atoms with van der Waals surface area (Å²) in [5.41, 5.74) is 26.2. The molecule has 0 radical (unpaired) electrons. The third-order valence-corrected chi connectivity index (χ3v) is 18.0. The Morgan fingerprint density at radius 3 is 1.88 bits per heavy atom. The Bertz CT molecular complexity index is 3940. The van der Waals surface area contributed by atoms with E-state index in [9.17, 15) is 0 Å². The normalized spacial score (nSPS) is 18.9. The molecule has 13 rings (SSSR count). The van der Waals surface area contributed by atoms with Gasteiger partial charge in [-0.15, -0.1) is 0 Å². The first-order valence-corrected chi connectivity index (χ1v) is 28.2. The van der Waals surface area contributed by atoms with Crippen LogP contribution in [0.25, 0.3) is 60.5 Å². The summed E-state index contributed by atoms with van der Waals surface area (Å²) in [5, 5.41) is 5.16. The molecular weight excluding hydrogens is 925 g/mol. The fourth-order valence-electron chi connectivity index (χ4n) is 13.3. The van der Waals surface area contributed by atoms with Gasteiger partial charge in [0.1, 0.15) is 0 Å². The lowest BCUT2D eigenvalue weighted by Crippen LogP contribution is -2.17. The minimum absolute atomic E-state index is 0.0672. The second-order valence-corrected chi connectivity index (χ2v) is 24.2. The molecule has 0 nitrogen and oxygen atoms in total. The van der Waals surface area contributed by atoms with Gasteiger partial charge in [-0.3, -0.25) is 0 Å². The Hall–Kier alpha value is -7.80. The average Bonchev–Trinajstić information content (AvgIpc) is 4.06. The Kier molecular flexibility index (Phi) is 12.8. The smallest absolute Gasteiger partial charge is 0.0159 e. The molecular formula is C77H72. The molecule has 0 aromatic heterocycles. The van der Waals surface area contributed by atoms with Crippen molar-refractivity contribution >= 4 is 38.3 Å². The summed E-state index contributed by atoms with van der Waals surface area (Å²) in [6.07, 6.45) is 17.6. The van der Waals surface area contributed by atoms with Gasteiger partial charge in [0, 0.05) is 22.2 Å². The molecule has 0 saturated heterocycles. The Morgan fingerprint density at radius 1 is 0.506 bits per heavy atom. The van der Waals surface area contributed by atoms with Gasteiger partial charge in [-0.25, -0.2) is 0 Å². The highest BCUT2D eigenvalue weighted by Gasteiger charge is 2.40. The molecule has 0 heteroatoms. The van der Waals surface area contributed by atoms with Gasteiger partial charge in [0.25, 0.3) is 0 Å². The molecule has 0 saturated carbocycles. The van der Waals surface area contributed by atoms with Gasteiger partial charge in [0.2, 0.25) is 0 Å². The molecule has 0 heterocycles. The molecule has 0 amide bonds. The van der Waals surface area contributed by atoms with Gasteiger partial charge in [0.15, 0.2) is 0 Å². The summed E-state index contributed by atoms with van der Waals surface area (Å²) in [6.45, 7) is 21.1. The Balaban J connectivity index is 0.000000225. The van der Waals surface area contributed by atoms with Crippen molar-refractivity contribution in [2.75, 3.05) is 0 Å². The largest absolute Gasteiger partial charge is 0.0754 e. The van der Waals surface area contributed by atoms with Crippen LogP contribution < -0.4 is 0 Å². The number of allylic oxidation sites excluding steroid dienone is 10. The highest BCUT2D eigenvalue weighted by atomic mass is 14.4. The maximum Gasteiger partial charge on any atom is 0.0159 e. The van der Waals surface area contributed by atoms with E-state index in [4.69, 9.17) is 0 Å². The predicted octanol–water partition coefficient (Wildman–Crippen LogP) is 20.8. The number of rotatable bonds is 7. The minimum Gasteiger partial charge on any atom is -0.0754 e. The van der Waals surface area contributed by atoms with Crippen molar-refractivity contribution in [1.29, 1.82) is 0 Å². The summed E-state index contributed by atoms with van der Waals surface area (Å²) >= 11 is 0. The maximum absolute atomic E-state index is 2.52. The standard InChI is InChI=1S/C55H50.C22H22/c1-36(42-26-29-49-50-30-27-43(35-53(50)55(5,6)52(49)34-42)48-20-12-16-40-14-8-10-18-46(40)48)21-23-38-24-28-44-37(2)22-25-41(31-32-54(3,4)51(44)33-38)47-19-11-15-39-13-7-9-17-45(39)47;1-15-9-11-18-19-12-10-17(16-7-5-4-6-8-16)14-21(19)22(2,3)20(18)13-15/h7-20,22,24-36H,21,23H2,1-6H3;4-9,11-14,17H,10H2,1-3H3/b32-31?,37-22+,41-25+;. The number of hydrogen-bond donors (Lipinski definition) is 0. The van der Waals surface area contributed by atoms with Crippen molar-refractivity contribution in [2.45, 2.75) is 110 Å². The average molecular weight is 997 g/mol. The molecule has 0 aliphatic heterocycles. The second kappa shape index (κ2) is 19.6. The monoisotopic (exact) mass is 997 g/mol. The van der Waals surface area contributed by atoms with Crippen LogP contribution in [0, 0.1) is 6.92 Å². The molecule has 0 bridgehead atoms. The van der Waals surface area contributed by atoms with Crippen molar-refractivity contribution in [3.05, 3.63) is 291 Å². The molecule has 4 aliphatic rings. The summed E-state index contributed by atoms with van der Waals surface area (Å²) in [4.78, 5) is 0. The van der Waals surface area contributed by atoms with Gasteiger partial charge in [-0.05, 0) is 167 Å². The minimum atomic E-state index is -0.131. The molecule has 9 aromatic carbocycles. The number of aryl methyl sites for hydroxylation is 2. The third-order valence-electron chi connectivity index (χ3n) is 18.0. The van der Waals surface area contributed by atoms with E-state index in [1.807, 2.05) is 0 Å². The number of hydrogen-bond acceptors (Lipinski definition) is 0. The fraction of sp³-hybridized carbons (Fsp3) is 0.221. The topological polar surface area (TPSA) is 0 Å². The van der Waals surface area contributed by atoms with E-state index in [0.717, 1.165) is 19.3 Å². The van der Waals surface area contributed by atoms with E-state index in [1.165, 1.54) is 127 Å². The van der Waals surface area contributed by atoms with Crippen molar-refractivity contribution < 1.29 is 0 Å². The molecule has 2 unspecified atom stereocenters. The lowest BCUT2D eigenvalue weighted by molar-refractivity contribution is 0.646. The van der Waals surface area contributed by atoms with Crippen LogP contribution in [0.15, 0.2) is 230 Å². The van der Waals surface area contributed by atoms with Crippen molar-refractivity contribution in [1.82, 2.24) is 0 Å². The van der Waals surface area contributed by atoms with Gasteiger partial charge in [-0.2, -0.15) is 0 Å². The fourth-order valence-corrected chi connectivity index (χ4v) is 13.3. The first-order valence-electron chi connectivity index (χ1n) is 28.2. The van der Waals surface area contributed by atoms with E-state index in [1.54, 1.807) is 0 Å². The summed E-state index contributed by atoms with van der Waals surface area (Å²) < 4.78 is 0. The van der Waals surface area contributed by atoms with Crippen LogP contribution in [-0.4, -0.2) is 0 Å². The predicted molar refractivity (Wildman–Crippen MR) is 332 cm³/mol. The lowest BCUT2D eigenvalue weighted by Gasteiger charge is -2.27. The molecule has 380 valence electrons. The first kappa shape index (κ1) is 50.0. The first-order chi connectivity index (χ1) is 37.2. The number of benzene rings is 9. The van der Waals surface area contributed by atoms with Crippen molar-refractivity contribution in [3.63, 3.8) is 0 Å². The zero-order chi connectivity index (χ0) is 53.2. The summed E-state index contributed by atoms with van der Waals surface area (Å²) in [6, 6.07) is 70.2. The Labute approximate surface area is 459 Å². The van der Waals surface area contributed by atoms with E-state index in [-0.39, 0.29) is 16.2 Å². The van der Waals surface area contributed by atoms with Crippen LogP contribution in [0.4, 0.5) is 0 Å². The van der Waals surface area contributed by atoms with Crippen LogP contribution in [0.2, 0.25) is 0 Å². The van der Waals surface area contributed by atoms with Crippen molar-refractivity contribution in [2.24, 2.45) is 0 Å². The molecule has 2 atom stereocenters. The summed E-state index contributed by atoms with van der Waals surface area (Å²) in [5.74, 6) is 0.956. The number of fused-ring (bicyclic) bond motifs is 9. The van der Waals surface area contributed by atoms with Crippen LogP contribution >= 0.6 is 0 Å². The lowest BCUT2D eigenvalue weighted by atomic mass is 9.77. The molecule has 9 aromatic rings. The Morgan fingerprint density at radius 2 is 1.13 bits per heavy atom. The highest BCUT2D eigenvalue weighted by Crippen LogP contribution is 2.54. The third kappa shape index (κ3) is 9.10. The van der Waals surface area contributed by atoms with Gasteiger partial charge >= 0.3 is 0 Å². The summed E-state index contributed by atoms with van der Waals surface area (Å²) in [7, 11) is 0. The molecule has 77 heavy (non-hydrogen) atoms. The zero-order valence-electron chi connectivity index (χ0n) is 46.6. The van der Waals surface area contributed by atoms with Crippen LogP contribution in [-0.2, 0) is 22.7 Å². The van der Waals surface area contributed by atoms with E-state index >= 15 is 0 Å². The quantitative estimate of drug-likeness (QED) is 0.149. The molecule has 0 fully saturated rings. The van der Waals surface area contributed by atoms with Crippen molar-refractivity contribution in [3.8, 4) is 22.3 Å². The van der Waals surface area contributed by atoms with E-state index in [2.05, 4.69) is 287 Å². The zero-order valence-corrected chi connectivity index (χ0v) is 46.6. The van der Waals surface area contributed by atoms with E-state index < -0.39 is 0 Å². The molecule has 4 aliphatic carbocycles. The van der Waals surface area contributed by atoms with Gasteiger partial charge in [-0.1, -0.05) is 272 Å². The molecule has 0 N–H and O–H groups in total. The van der Waals surface area contributed by atoms with Gasteiger partial charge < -0.3 is 0 Å². The molecule has 0 spiro atoms. The van der Waals surface area contributed by atoms with Crippen LogP contribution in [0.1, 0.15) is 141 Å². The second-order valence-electron chi connectivity index (χ2n) is 24.2. The highest BCUT2D eigenvalue weighted by molar-refractivity contribution is 5.99. The van der Waals surface area contributed by atoms with E-state index in [0.29, 0.717) is 11.8 Å².